The number of hydrogen-bond donors (Lipinski definition) is 3. The topological polar surface area (TPSA) is 150 Å². The number of tetrazole rings is 1. The molecule has 3 N–H and O–H groups in total. The highest BCUT2D eigenvalue weighted by Crippen LogP contribution is 2.34. The largest absolute Gasteiger partial charge is 0.326 e. The van der Waals surface area contributed by atoms with Gasteiger partial charge in [-0.1, -0.05) is 60.8 Å². The number of nitrogens with one attached hydrogen (secondary N) is 3. The number of para-hydroxylation sites is 1. The summed E-state index contributed by atoms with van der Waals surface area (Å²) >= 11 is 0. The molecule has 212 valence electrons. The third kappa shape index (κ3) is 6.95. The van der Waals surface area contributed by atoms with E-state index in [0.29, 0.717) is 17.2 Å². The molecule has 1 heterocycles. The molecule has 0 bridgehead atoms. The second-order valence-corrected chi connectivity index (χ2v) is 12.1. The van der Waals surface area contributed by atoms with Gasteiger partial charge in [0.1, 0.15) is 0 Å². The van der Waals surface area contributed by atoms with Gasteiger partial charge in [-0.3, -0.25) is 15.0 Å². The molecule has 1 aliphatic rings. The van der Waals surface area contributed by atoms with Crippen LogP contribution in [0.1, 0.15) is 59.5 Å². The first kappa shape index (κ1) is 28.0. The van der Waals surface area contributed by atoms with E-state index in [2.05, 4.69) is 43.4 Å². The Hall–Kier alpha value is -4.58. The van der Waals surface area contributed by atoms with Gasteiger partial charge in [-0.05, 0) is 71.5 Å². The lowest BCUT2D eigenvalue weighted by atomic mass is 9.84. The lowest BCUT2D eigenvalue weighted by Crippen LogP contribution is -2.35. The molecule has 1 fully saturated rings. The number of hydrogen-bond acceptors (Lipinski definition) is 7. The SMILES string of the molecule is CS(=O)(=O)c1ccccc1NC(=O)N(Cc1ccc(C(=O)Nc2nn[nH]n2)cc1)c1ccc(C2CCCCC2)cc1. The quantitative estimate of drug-likeness (QED) is 0.264. The molecule has 1 saturated carbocycles. The van der Waals surface area contributed by atoms with Crippen LogP contribution >= 0.6 is 0 Å². The van der Waals surface area contributed by atoms with Gasteiger partial charge in [0.15, 0.2) is 9.84 Å². The number of nitrogens with zero attached hydrogens (tertiary/aromatic N) is 4. The van der Waals surface area contributed by atoms with E-state index in [4.69, 9.17) is 0 Å². The Balaban J connectivity index is 1.39. The second kappa shape index (κ2) is 12.3. The first-order valence-electron chi connectivity index (χ1n) is 13.4. The van der Waals surface area contributed by atoms with Gasteiger partial charge in [-0.15, -0.1) is 5.10 Å². The standard InChI is InChI=1S/C29H31N7O4S/c1-41(39,40)26-10-6-5-9-25(26)30-29(38)36(24-17-15-22(16-18-24)21-7-3-2-4-8-21)19-20-11-13-23(14-12-20)27(37)31-28-32-34-35-33-28/h5-6,9-18,21H,2-4,7-8,19H2,1H3,(H,30,38)(H2,31,32,33,34,35,37). The Kier molecular flexibility index (Phi) is 8.39. The summed E-state index contributed by atoms with van der Waals surface area (Å²) in [5.41, 5.74) is 3.28. The van der Waals surface area contributed by atoms with E-state index in [1.807, 2.05) is 12.1 Å². The fraction of sp³-hybridized carbons (Fsp3) is 0.276. The summed E-state index contributed by atoms with van der Waals surface area (Å²) in [7, 11) is -3.56. The van der Waals surface area contributed by atoms with Crippen LogP contribution in [-0.2, 0) is 16.4 Å². The van der Waals surface area contributed by atoms with Crippen LogP contribution in [0.3, 0.4) is 0 Å². The summed E-state index contributed by atoms with van der Waals surface area (Å²) in [5, 5.41) is 18.4. The van der Waals surface area contributed by atoms with Gasteiger partial charge in [-0.2, -0.15) is 5.21 Å². The Bertz CT molecular complexity index is 1600. The van der Waals surface area contributed by atoms with E-state index >= 15 is 0 Å². The maximum absolute atomic E-state index is 13.7. The molecule has 0 atom stereocenters. The minimum absolute atomic E-state index is 0.0397. The van der Waals surface area contributed by atoms with Crippen molar-refractivity contribution in [2.24, 2.45) is 0 Å². The van der Waals surface area contributed by atoms with Gasteiger partial charge < -0.3 is 5.32 Å². The number of aromatic amines is 1. The fourth-order valence-electron chi connectivity index (χ4n) is 5.05. The van der Waals surface area contributed by atoms with Gasteiger partial charge in [0.05, 0.1) is 17.1 Å². The van der Waals surface area contributed by atoms with Crippen LogP contribution in [0.15, 0.2) is 77.7 Å². The zero-order valence-electron chi connectivity index (χ0n) is 22.6. The highest BCUT2D eigenvalue weighted by Gasteiger charge is 2.22. The van der Waals surface area contributed by atoms with Crippen molar-refractivity contribution in [3.8, 4) is 0 Å². The van der Waals surface area contributed by atoms with E-state index < -0.39 is 21.8 Å². The normalized spacial score (nSPS) is 13.9. The van der Waals surface area contributed by atoms with Crippen molar-refractivity contribution < 1.29 is 18.0 Å². The number of anilines is 3. The molecule has 0 unspecified atom stereocenters. The summed E-state index contributed by atoms with van der Waals surface area (Å²) in [6.45, 7) is 0.183. The summed E-state index contributed by atoms with van der Waals surface area (Å²) in [6, 6.07) is 20.6. The average molecular weight is 574 g/mol. The molecule has 0 spiro atoms. The molecule has 1 aromatic heterocycles. The van der Waals surface area contributed by atoms with Crippen LogP contribution in [0.25, 0.3) is 0 Å². The predicted molar refractivity (Wildman–Crippen MR) is 156 cm³/mol. The number of rotatable bonds is 8. The summed E-state index contributed by atoms with van der Waals surface area (Å²) < 4.78 is 24.7. The molecule has 5 rings (SSSR count). The van der Waals surface area contributed by atoms with Crippen molar-refractivity contribution in [2.45, 2.75) is 49.5 Å². The van der Waals surface area contributed by atoms with Gasteiger partial charge >= 0.3 is 6.03 Å². The van der Waals surface area contributed by atoms with Crippen molar-refractivity contribution in [3.63, 3.8) is 0 Å². The summed E-state index contributed by atoms with van der Waals surface area (Å²) in [4.78, 5) is 27.8. The second-order valence-electron chi connectivity index (χ2n) is 10.1. The van der Waals surface area contributed by atoms with Crippen molar-refractivity contribution in [1.82, 2.24) is 20.6 Å². The molecule has 12 heteroatoms. The summed E-state index contributed by atoms with van der Waals surface area (Å²) in [5.74, 6) is 0.184. The maximum atomic E-state index is 13.7. The zero-order valence-corrected chi connectivity index (χ0v) is 23.4. The third-order valence-electron chi connectivity index (χ3n) is 7.18. The lowest BCUT2D eigenvalue weighted by molar-refractivity contribution is 0.102. The third-order valence-corrected chi connectivity index (χ3v) is 8.34. The number of sulfone groups is 1. The predicted octanol–water partition coefficient (Wildman–Crippen LogP) is 5.14. The van der Waals surface area contributed by atoms with Crippen molar-refractivity contribution in [2.75, 3.05) is 21.8 Å². The Morgan fingerprint density at radius 1 is 0.927 bits per heavy atom. The van der Waals surface area contributed by atoms with E-state index in [0.717, 1.165) is 11.8 Å². The maximum Gasteiger partial charge on any atom is 0.326 e. The number of amides is 3. The molecular weight excluding hydrogens is 542 g/mol. The number of carbonyl (C=O) groups excluding carboxylic acids is 2. The number of benzene rings is 3. The van der Waals surface area contributed by atoms with Crippen molar-refractivity contribution in [3.05, 3.63) is 89.5 Å². The van der Waals surface area contributed by atoms with Crippen molar-refractivity contribution >= 4 is 39.1 Å². The highest BCUT2D eigenvalue weighted by atomic mass is 32.2. The monoisotopic (exact) mass is 573 g/mol. The molecule has 3 amide bonds. The van der Waals surface area contributed by atoms with Crippen LogP contribution in [-0.4, -0.2) is 47.2 Å². The summed E-state index contributed by atoms with van der Waals surface area (Å²) in [6.07, 6.45) is 7.16. The lowest BCUT2D eigenvalue weighted by Gasteiger charge is -2.26. The van der Waals surface area contributed by atoms with Gasteiger partial charge in [0.2, 0.25) is 0 Å². The highest BCUT2D eigenvalue weighted by molar-refractivity contribution is 7.90. The molecule has 1 aliphatic carbocycles. The first-order chi connectivity index (χ1) is 19.8. The molecular formula is C29H31N7O4S. The van der Waals surface area contributed by atoms with Crippen LogP contribution in [0.2, 0.25) is 0 Å². The number of aromatic nitrogens is 4. The van der Waals surface area contributed by atoms with Gasteiger partial charge in [0.25, 0.3) is 11.9 Å². The van der Waals surface area contributed by atoms with Crippen LogP contribution < -0.4 is 15.5 Å². The Labute approximate surface area is 238 Å². The molecule has 0 radical (unpaired) electrons. The van der Waals surface area contributed by atoms with Crippen molar-refractivity contribution in [1.29, 1.82) is 0 Å². The van der Waals surface area contributed by atoms with E-state index in [1.54, 1.807) is 47.4 Å². The molecule has 0 aliphatic heterocycles. The van der Waals surface area contributed by atoms with E-state index in [9.17, 15) is 18.0 Å². The first-order valence-corrected chi connectivity index (χ1v) is 15.3. The van der Waals surface area contributed by atoms with E-state index in [1.165, 1.54) is 43.7 Å². The molecule has 3 aromatic carbocycles. The van der Waals surface area contributed by atoms with Crippen LogP contribution in [0, 0.1) is 0 Å². The van der Waals surface area contributed by atoms with Crippen LogP contribution in [0.4, 0.5) is 22.1 Å². The van der Waals surface area contributed by atoms with Crippen LogP contribution in [0.5, 0.6) is 0 Å². The smallest absolute Gasteiger partial charge is 0.306 e. The molecule has 41 heavy (non-hydrogen) atoms. The number of carbonyl (C=O) groups is 2. The Morgan fingerprint density at radius 2 is 1.63 bits per heavy atom. The number of H-pyrrole nitrogens is 1. The molecule has 0 saturated heterocycles. The van der Waals surface area contributed by atoms with Gasteiger partial charge in [-0.25, -0.2) is 13.2 Å². The number of urea groups is 1. The van der Waals surface area contributed by atoms with Gasteiger partial charge in [0, 0.05) is 17.5 Å². The molecule has 11 nitrogen and oxygen atoms in total. The fourth-order valence-corrected chi connectivity index (χ4v) is 5.90. The Morgan fingerprint density at radius 3 is 2.29 bits per heavy atom. The minimum atomic E-state index is -3.56. The van der Waals surface area contributed by atoms with E-state index in [-0.39, 0.29) is 23.1 Å². The average Bonchev–Trinajstić information content (AvgIpc) is 3.49. The molecule has 4 aromatic rings. The minimum Gasteiger partial charge on any atom is -0.306 e. The zero-order chi connectivity index (χ0) is 28.8.